The lowest BCUT2D eigenvalue weighted by atomic mass is 9.92. The van der Waals surface area contributed by atoms with Crippen LogP contribution in [0, 0.1) is 25.7 Å². The van der Waals surface area contributed by atoms with Crippen molar-refractivity contribution in [3.8, 4) is 0 Å². The van der Waals surface area contributed by atoms with Gasteiger partial charge in [-0.25, -0.2) is 8.42 Å². The topological polar surface area (TPSA) is 103 Å². The molecule has 2 atom stereocenters. The Labute approximate surface area is 118 Å². The number of nitrogens with zero attached hydrogens (tertiary/aromatic N) is 2. The van der Waals surface area contributed by atoms with Gasteiger partial charge in [-0.2, -0.15) is 9.40 Å². The first-order valence-electron chi connectivity index (χ1n) is 6.48. The summed E-state index contributed by atoms with van der Waals surface area (Å²) >= 11 is 0. The standard InChI is InChI=1S/C12H19N3O4S/c1-7-4-10(12(16)17)6-15(5-7)20(18,19)11-8(2)13-14-9(11)3/h7,10H,4-6H2,1-3H3,(H,13,14)(H,16,17). The number of carboxylic acids is 1. The monoisotopic (exact) mass is 301 g/mol. The Morgan fingerprint density at radius 1 is 1.40 bits per heavy atom. The van der Waals surface area contributed by atoms with E-state index in [4.69, 9.17) is 5.11 Å². The minimum atomic E-state index is -3.70. The van der Waals surface area contributed by atoms with E-state index in [9.17, 15) is 13.2 Å². The van der Waals surface area contributed by atoms with Gasteiger partial charge in [-0.3, -0.25) is 9.89 Å². The second-order valence-corrected chi connectivity index (χ2v) is 7.34. The fraction of sp³-hybridized carbons (Fsp3) is 0.667. The average molecular weight is 301 g/mol. The van der Waals surface area contributed by atoms with E-state index >= 15 is 0 Å². The predicted octanol–water partition coefficient (Wildman–Crippen LogP) is 0.758. The number of aromatic amines is 1. The molecule has 112 valence electrons. The van der Waals surface area contributed by atoms with Gasteiger partial charge in [-0.1, -0.05) is 6.92 Å². The van der Waals surface area contributed by atoms with Crippen molar-refractivity contribution in [3.63, 3.8) is 0 Å². The number of H-pyrrole nitrogens is 1. The van der Waals surface area contributed by atoms with E-state index in [-0.39, 0.29) is 17.4 Å². The Morgan fingerprint density at radius 3 is 2.55 bits per heavy atom. The van der Waals surface area contributed by atoms with E-state index < -0.39 is 21.9 Å². The molecule has 0 amide bonds. The largest absolute Gasteiger partial charge is 0.481 e. The first-order valence-corrected chi connectivity index (χ1v) is 7.92. The van der Waals surface area contributed by atoms with Crippen LogP contribution in [0.1, 0.15) is 24.7 Å². The van der Waals surface area contributed by atoms with Gasteiger partial charge in [-0.05, 0) is 26.2 Å². The van der Waals surface area contributed by atoms with Gasteiger partial charge in [0.1, 0.15) is 4.90 Å². The first kappa shape index (κ1) is 15.0. The average Bonchev–Trinajstić information content (AvgIpc) is 2.68. The molecule has 7 nitrogen and oxygen atoms in total. The summed E-state index contributed by atoms with van der Waals surface area (Å²) in [6, 6.07) is 0. The lowest BCUT2D eigenvalue weighted by Gasteiger charge is -2.33. The molecular weight excluding hydrogens is 282 g/mol. The molecule has 1 aromatic rings. The molecule has 2 heterocycles. The zero-order chi connectivity index (χ0) is 15.1. The third-order valence-electron chi connectivity index (χ3n) is 3.63. The van der Waals surface area contributed by atoms with Crippen LogP contribution in [0.4, 0.5) is 0 Å². The van der Waals surface area contributed by atoms with Crippen LogP contribution < -0.4 is 0 Å². The molecule has 0 radical (unpaired) electrons. The molecule has 0 saturated carbocycles. The smallest absolute Gasteiger partial charge is 0.307 e. The molecule has 2 N–H and O–H groups in total. The lowest BCUT2D eigenvalue weighted by Crippen LogP contribution is -2.45. The number of piperidine rings is 1. The van der Waals surface area contributed by atoms with E-state index in [2.05, 4.69) is 10.2 Å². The third-order valence-corrected chi connectivity index (χ3v) is 5.73. The first-order chi connectivity index (χ1) is 9.23. The van der Waals surface area contributed by atoms with Gasteiger partial charge in [-0.15, -0.1) is 0 Å². The highest BCUT2D eigenvalue weighted by Gasteiger charge is 2.38. The number of sulfonamides is 1. The Balaban J connectivity index is 2.37. The number of rotatable bonds is 3. The fourth-order valence-electron chi connectivity index (χ4n) is 2.73. The van der Waals surface area contributed by atoms with Gasteiger partial charge in [0, 0.05) is 13.1 Å². The van der Waals surface area contributed by atoms with E-state index in [1.54, 1.807) is 13.8 Å². The van der Waals surface area contributed by atoms with Crippen LogP contribution >= 0.6 is 0 Å². The summed E-state index contributed by atoms with van der Waals surface area (Å²) in [7, 11) is -3.70. The number of hydrogen-bond acceptors (Lipinski definition) is 4. The molecule has 20 heavy (non-hydrogen) atoms. The molecule has 0 aromatic carbocycles. The normalized spacial score (nSPS) is 24.8. The van der Waals surface area contributed by atoms with Crippen molar-refractivity contribution in [3.05, 3.63) is 11.4 Å². The summed E-state index contributed by atoms with van der Waals surface area (Å²) in [6.45, 7) is 5.50. The molecule has 2 rings (SSSR count). The quantitative estimate of drug-likeness (QED) is 0.857. The predicted molar refractivity (Wildman–Crippen MR) is 71.7 cm³/mol. The maximum absolute atomic E-state index is 12.7. The Kier molecular flexibility index (Phi) is 3.88. The minimum Gasteiger partial charge on any atom is -0.481 e. The van der Waals surface area contributed by atoms with Crippen molar-refractivity contribution in [2.24, 2.45) is 11.8 Å². The number of nitrogens with one attached hydrogen (secondary N) is 1. The molecule has 0 aliphatic carbocycles. The van der Waals surface area contributed by atoms with Crippen LogP contribution in [0.5, 0.6) is 0 Å². The van der Waals surface area contributed by atoms with Gasteiger partial charge < -0.3 is 5.11 Å². The number of aromatic nitrogens is 2. The SMILES string of the molecule is Cc1n[nH]c(C)c1S(=O)(=O)N1CC(C)CC(C(=O)O)C1. The number of carboxylic acid groups (broad SMARTS) is 1. The Morgan fingerprint density at radius 2 is 2.05 bits per heavy atom. The summed E-state index contributed by atoms with van der Waals surface area (Å²) in [5, 5.41) is 15.7. The maximum atomic E-state index is 12.7. The lowest BCUT2D eigenvalue weighted by molar-refractivity contribution is -0.143. The summed E-state index contributed by atoms with van der Waals surface area (Å²) in [5.74, 6) is -1.58. The van der Waals surface area contributed by atoms with Crippen LogP contribution in [-0.4, -0.2) is 47.1 Å². The fourth-order valence-corrected chi connectivity index (χ4v) is 4.66. The number of aliphatic carboxylic acids is 1. The van der Waals surface area contributed by atoms with Crippen LogP contribution in [0.15, 0.2) is 4.90 Å². The molecular formula is C12H19N3O4S. The highest BCUT2D eigenvalue weighted by Crippen LogP contribution is 2.29. The zero-order valence-electron chi connectivity index (χ0n) is 11.8. The van der Waals surface area contributed by atoms with Gasteiger partial charge in [0.2, 0.25) is 10.0 Å². The van der Waals surface area contributed by atoms with Crippen LogP contribution in [0.25, 0.3) is 0 Å². The highest BCUT2D eigenvalue weighted by molar-refractivity contribution is 7.89. The van der Waals surface area contributed by atoms with Crippen molar-refractivity contribution in [2.75, 3.05) is 13.1 Å². The molecule has 8 heteroatoms. The molecule has 0 bridgehead atoms. The zero-order valence-corrected chi connectivity index (χ0v) is 12.6. The summed E-state index contributed by atoms with van der Waals surface area (Å²) in [5.41, 5.74) is 0.889. The summed E-state index contributed by atoms with van der Waals surface area (Å²) < 4.78 is 26.6. The molecule has 1 aliphatic heterocycles. The molecule has 1 aromatic heterocycles. The van der Waals surface area contributed by atoms with Gasteiger partial charge in [0.05, 0.1) is 17.3 Å². The maximum Gasteiger partial charge on any atom is 0.307 e. The molecule has 1 aliphatic rings. The van der Waals surface area contributed by atoms with Crippen molar-refractivity contribution in [2.45, 2.75) is 32.1 Å². The van der Waals surface area contributed by atoms with Crippen molar-refractivity contribution >= 4 is 16.0 Å². The van der Waals surface area contributed by atoms with E-state index in [0.717, 1.165) is 0 Å². The Hall–Kier alpha value is -1.41. The molecule has 0 spiro atoms. The van der Waals surface area contributed by atoms with Crippen LogP contribution in [0.2, 0.25) is 0 Å². The third kappa shape index (κ3) is 2.57. The second kappa shape index (κ2) is 5.17. The second-order valence-electron chi connectivity index (χ2n) is 5.46. The van der Waals surface area contributed by atoms with Crippen molar-refractivity contribution in [1.82, 2.24) is 14.5 Å². The molecule has 2 unspecified atom stereocenters. The molecule has 1 fully saturated rings. The number of hydrogen-bond donors (Lipinski definition) is 2. The Bertz CT molecular complexity index is 603. The van der Waals surface area contributed by atoms with Crippen molar-refractivity contribution < 1.29 is 18.3 Å². The van der Waals surface area contributed by atoms with E-state index in [1.807, 2.05) is 6.92 Å². The highest BCUT2D eigenvalue weighted by atomic mass is 32.2. The summed E-state index contributed by atoms with van der Waals surface area (Å²) in [4.78, 5) is 11.3. The van der Waals surface area contributed by atoms with Gasteiger partial charge in [0.25, 0.3) is 0 Å². The van der Waals surface area contributed by atoms with Crippen molar-refractivity contribution in [1.29, 1.82) is 0 Å². The summed E-state index contributed by atoms with van der Waals surface area (Å²) in [6.07, 6.45) is 0.505. The van der Waals surface area contributed by atoms with Gasteiger partial charge in [0.15, 0.2) is 0 Å². The van der Waals surface area contributed by atoms with E-state index in [1.165, 1.54) is 4.31 Å². The number of aryl methyl sites for hydroxylation is 2. The van der Waals surface area contributed by atoms with Gasteiger partial charge >= 0.3 is 5.97 Å². The van der Waals surface area contributed by atoms with E-state index in [0.29, 0.717) is 24.4 Å². The number of carbonyl (C=O) groups is 1. The minimum absolute atomic E-state index is 0.0199. The van der Waals surface area contributed by atoms with Crippen LogP contribution in [0.3, 0.4) is 0 Å². The van der Waals surface area contributed by atoms with Crippen LogP contribution in [-0.2, 0) is 14.8 Å². The molecule has 1 saturated heterocycles.